The molecule has 0 saturated carbocycles. The Morgan fingerprint density at radius 2 is 0.436 bits per heavy atom. The quantitative estimate of drug-likeness (QED) is 0.0508. The molecule has 0 bridgehead atoms. The fourth-order valence-electron chi connectivity index (χ4n) is 6.86. The maximum Gasteiger partial charge on any atom is 0.0786 e. The number of halogens is 1. The Bertz CT molecular complexity index is 407. The van der Waals surface area contributed by atoms with Crippen molar-refractivity contribution in [2.75, 3.05) is 26.2 Å². The van der Waals surface area contributed by atoms with E-state index in [0.717, 1.165) is 0 Å². The molecule has 0 unspecified atom stereocenters. The Hall–Kier alpha value is 0.440. The molecule has 238 valence electrons. The van der Waals surface area contributed by atoms with Crippen molar-refractivity contribution in [2.45, 2.75) is 214 Å². The summed E-state index contributed by atoms with van der Waals surface area (Å²) in [5.74, 6) is 0. The summed E-state index contributed by atoms with van der Waals surface area (Å²) in [7, 11) is 0. The second kappa shape index (κ2) is 34.6. The van der Waals surface area contributed by atoms with Gasteiger partial charge in [-0.1, -0.05) is 182 Å². The highest BCUT2D eigenvalue weighted by atomic mass is 79.9. The van der Waals surface area contributed by atoms with Crippen LogP contribution in [0.25, 0.3) is 0 Å². The average Bonchev–Trinajstić information content (AvgIpc) is 2.91. The van der Waals surface area contributed by atoms with E-state index in [1.807, 2.05) is 0 Å². The van der Waals surface area contributed by atoms with Gasteiger partial charge in [0.05, 0.1) is 26.2 Å². The molecule has 0 aromatic heterocycles. The molecule has 0 saturated heterocycles. The molecule has 0 rings (SSSR count). The minimum absolute atomic E-state index is 0. The lowest BCUT2D eigenvalue weighted by molar-refractivity contribution is -0.928. The lowest BCUT2D eigenvalue weighted by Gasteiger charge is -2.38. The Morgan fingerprint density at radius 3 is 0.641 bits per heavy atom. The third-order valence-electron chi connectivity index (χ3n) is 9.08. The first-order valence-electron chi connectivity index (χ1n) is 18.6. The highest BCUT2D eigenvalue weighted by molar-refractivity contribution is 4.53. The summed E-state index contributed by atoms with van der Waals surface area (Å²) >= 11 is 0. The Labute approximate surface area is 260 Å². The minimum Gasteiger partial charge on any atom is -1.00 e. The van der Waals surface area contributed by atoms with Crippen LogP contribution in [0.4, 0.5) is 0 Å². The molecule has 0 aromatic carbocycles. The molecule has 1 nitrogen and oxygen atoms in total. The molecule has 0 aromatic rings. The van der Waals surface area contributed by atoms with E-state index in [2.05, 4.69) is 27.7 Å². The third-order valence-corrected chi connectivity index (χ3v) is 9.08. The smallest absolute Gasteiger partial charge is 0.0786 e. The molecule has 0 aliphatic rings. The SMILES string of the molecule is CCCCCCCCCCCCCCCCCCCCCCCCCCCC[N+](CCC)(CCC)CCC.[Br-]. The van der Waals surface area contributed by atoms with Gasteiger partial charge < -0.3 is 21.5 Å². The Kier molecular flexibility index (Phi) is 36.9. The third kappa shape index (κ3) is 29.7. The first-order valence-corrected chi connectivity index (χ1v) is 18.6. The lowest BCUT2D eigenvalue weighted by Crippen LogP contribution is -3.00. The highest BCUT2D eigenvalue weighted by Gasteiger charge is 2.23. The van der Waals surface area contributed by atoms with Gasteiger partial charge in [0.15, 0.2) is 0 Å². The molecule has 0 aliphatic heterocycles. The summed E-state index contributed by atoms with van der Waals surface area (Å²) in [6.45, 7) is 15.1. The van der Waals surface area contributed by atoms with E-state index in [1.54, 1.807) is 0 Å². The van der Waals surface area contributed by atoms with Gasteiger partial charge in [0.25, 0.3) is 0 Å². The monoisotopic (exact) mass is 616 g/mol. The van der Waals surface area contributed by atoms with Gasteiger partial charge in [0.2, 0.25) is 0 Å². The van der Waals surface area contributed by atoms with Crippen LogP contribution >= 0.6 is 0 Å². The maximum atomic E-state index is 2.37. The molecule has 2 heteroatoms. The van der Waals surface area contributed by atoms with Gasteiger partial charge in [0.1, 0.15) is 0 Å². The van der Waals surface area contributed by atoms with Gasteiger partial charge in [-0.25, -0.2) is 0 Å². The Morgan fingerprint density at radius 1 is 0.231 bits per heavy atom. The fraction of sp³-hybridized carbons (Fsp3) is 1.00. The standard InChI is InChI=1S/C37H78N.BrH/c1-5-9-10-11-12-13-14-15-16-17-18-19-20-21-22-23-24-25-26-27-28-29-30-31-32-33-37-38(34-6-2,35-7-3)36-8-4;/h5-37H2,1-4H3;1H/q+1;/p-1. The highest BCUT2D eigenvalue weighted by Crippen LogP contribution is 2.18. The summed E-state index contributed by atoms with van der Waals surface area (Å²) in [5.41, 5.74) is 0. The molecular formula is C37H78BrN. The van der Waals surface area contributed by atoms with Gasteiger partial charge in [-0.3, -0.25) is 0 Å². The summed E-state index contributed by atoms with van der Waals surface area (Å²) in [4.78, 5) is 0. The zero-order valence-corrected chi connectivity index (χ0v) is 29.7. The van der Waals surface area contributed by atoms with Gasteiger partial charge >= 0.3 is 0 Å². The zero-order chi connectivity index (χ0) is 27.8. The fourth-order valence-corrected chi connectivity index (χ4v) is 6.86. The number of hydrogen-bond donors (Lipinski definition) is 0. The molecule has 0 N–H and O–H groups in total. The van der Waals surface area contributed by atoms with Crippen LogP contribution in [0.5, 0.6) is 0 Å². The summed E-state index contributed by atoms with van der Waals surface area (Å²) in [6.07, 6.45) is 42.5. The number of nitrogens with zero attached hydrogens (tertiary/aromatic N) is 1. The van der Waals surface area contributed by atoms with Crippen LogP contribution in [-0.4, -0.2) is 30.7 Å². The van der Waals surface area contributed by atoms with Crippen molar-refractivity contribution in [3.8, 4) is 0 Å². The van der Waals surface area contributed by atoms with Gasteiger partial charge in [-0.15, -0.1) is 0 Å². The number of quaternary nitrogens is 1. The average molecular weight is 617 g/mol. The van der Waals surface area contributed by atoms with E-state index < -0.39 is 0 Å². The molecule has 0 radical (unpaired) electrons. The lowest BCUT2D eigenvalue weighted by atomic mass is 10.0. The van der Waals surface area contributed by atoms with Crippen molar-refractivity contribution in [3.05, 3.63) is 0 Å². The van der Waals surface area contributed by atoms with Crippen molar-refractivity contribution >= 4 is 0 Å². The first-order chi connectivity index (χ1) is 18.7. The van der Waals surface area contributed by atoms with Crippen molar-refractivity contribution < 1.29 is 21.5 Å². The van der Waals surface area contributed by atoms with Gasteiger partial charge in [0, 0.05) is 0 Å². The first kappa shape index (κ1) is 41.6. The van der Waals surface area contributed by atoms with Gasteiger partial charge in [-0.05, 0) is 32.1 Å². The predicted molar refractivity (Wildman–Crippen MR) is 176 cm³/mol. The zero-order valence-electron chi connectivity index (χ0n) is 28.2. The molecule has 39 heavy (non-hydrogen) atoms. The number of unbranched alkanes of at least 4 members (excludes halogenated alkanes) is 25. The van der Waals surface area contributed by atoms with Crippen LogP contribution in [0.3, 0.4) is 0 Å². The van der Waals surface area contributed by atoms with E-state index in [-0.39, 0.29) is 17.0 Å². The minimum atomic E-state index is 0. The van der Waals surface area contributed by atoms with Gasteiger partial charge in [-0.2, -0.15) is 0 Å². The van der Waals surface area contributed by atoms with Crippen molar-refractivity contribution in [1.29, 1.82) is 0 Å². The summed E-state index contributed by atoms with van der Waals surface area (Å²) in [6, 6.07) is 0. The normalized spacial score (nSPS) is 11.7. The van der Waals surface area contributed by atoms with Crippen LogP contribution in [0.1, 0.15) is 214 Å². The predicted octanol–water partition coefficient (Wildman–Crippen LogP) is 10.2. The van der Waals surface area contributed by atoms with Crippen LogP contribution < -0.4 is 17.0 Å². The molecule has 0 aliphatic carbocycles. The van der Waals surface area contributed by atoms with E-state index in [9.17, 15) is 0 Å². The molecule has 0 fully saturated rings. The van der Waals surface area contributed by atoms with Crippen molar-refractivity contribution in [1.82, 2.24) is 0 Å². The molecule has 0 heterocycles. The summed E-state index contributed by atoms with van der Waals surface area (Å²) in [5, 5.41) is 0. The molecule has 0 amide bonds. The second-order valence-corrected chi connectivity index (χ2v) is 13.1. The van der Waals surface area contributed by atoms with Crippen molar-refractivity contribution in [3.63, 3.8) is 0 Å². The van der Waals surface area contributed by atoms with Crippen molar-refractivity contribution in [2.24, 2.45) is 0 Å². The van der Waals surface area contributed by atoms with E-state index >= 15 is 0 Å². The molecule has 0 spiro atoms. The summed E-state index contributed by atoms with van der Waals surface area (Å²) < 4.78 is 1.41. The van der Waals surface area contributed by atoms with E-state index in [0.29, 0.717) is 0 Å². The van der Waals surface area contributed by atoms with E-state index in [4.69, 9.17) is 0 Å². The molecule has 0 atom stereocenters. The number of rotatable bonds is 33. The van der Waals surface area contributed by atoms with Crippen LogP contribution in [0.2, 0.25) is 0 Å². The largest absolute Gasteiger partial charge is 1.00 e. The van der Waals surface area contributed by atoms with Crippen LogP contribution in [0.15, 0.2) is 0 Å². The van der Waals surface area contributed by atoms with Crippen LogP contribution in [-0.2, 0) is 0 Å². The van der Waals surface area contributed by atoms with Crippen LogP contribution in [0, 0.1) is 0 Å². The molecular weight excluding hydrogens is 538 g/mol. The topological polar surface area (TPSA) is 0 Å². The number of hydrogen-bond acceptors (Lipinski definition) is 0. The van der Waals surface area contributed by atoms with E-state index in [1.165, 1.54) is 217 Å². The second-order valence-electron chi connectivity index (χ2n) is 13.1. The maximum absolute atomic E-state index is 2.37. The Balaban J connectivity index is 0.